The molecule has 4 heterocycles. The minimum absolute atomic E-state index is 0.103. The first-order valence-corrected chi connectivity index (χ1v) is 12.5. The minimum atomic E-state index is -4.95. The molecule has 40 heavy (non-hydrogen) atoms. The van der Waals surface area contributed by atoms with Crippen molar-refractivity contribution in [3.8, 4) is 17.1 Å². The van der Waals surface area contributed by atoms with Gasteiger partial charge in [-0.05, 0) is 30.3 Å². The van der Waals surface area contributed by atoms with Gasteiger partial charge in [0.1, 0.15) is 18.6 Å². The summed E-state index contributed by atoms with van der Waals surface area (Å²) >= 11 is 5.91. The van der Waals surface area contributed by atoms with Crippen molar-refractivity contribution < 1.29 is 27.1 Å². The molecule has 16 heteroatoms. The van der Waals surface area contributed by atoms with Gasteiger partial charge in [-0.15, -0.1) is 10.2 Å². The Morgan fingerprint density at radius 1 is 1.05 bits per heavy atom. The lowest BCUT2D eigenvalue weighted by atomic mass is 10.1. The summed E-state index contributed by atoms with van der Waals surface area (Å²) in [7, 11) is 0. The summed E-state index contributed by atoms with van der Waals surface area (Å²) in [6, 6.07) is 7.62. The first kappa shape index (κ1) is 27.7. The molecule has 0 amide bonds. The predicted molar refractivity (Wildman–Crippen MR) is 134 cm³/mol. The topological polar surface area (TPSA) is 107 Å². The van der Waals surface area contributed by atoms with E-state index in [2.05, 4.69) is 20.2 Å². The Morgan fingerprint density at radius 3 is 2.42 bits per heavy atom. The molecule has 5 rings (SSSR count). The van der Waals surface area contributed by atoms with E-state index in [0.29, 0.717) is 22.0 Å². The van der Waals surface area contributed by atoms with Crippen LogP contribution in [0.4, 0.5) is 27.6 Å². The van der Waals surface area contributed by atoms with Gasteiger partial charge in [-0.25, -0.2) is 27.9 Å². The monoisotopic (exact) mass is 584 g/mol. The molecule has 212 valence electrons. The van der Waals surface area contributed by atoms with Crippen LogP contribution in [0.5, 0.6) is 0 Å². The number of aliphatic hydroxyl groups is 1. The number of nitrogens with zero attached hydrogens (tertiary/aromatic N) is 8. The molecule has 4 aromatic rings. The van der Waals surface area contributed by atoms with E-state index in [1.807, 2.05) is 0 Å². The van der Waals surface area contributed by atoms with Crippen LogP contribution in [0.25, 0.3) is 17.1 Å². The van der Waals surface area contributed by atoms with Crippen LogP contribution in [0.3, 0.4) is 0 Å². The largest absolute Gasteiger partial charge is 0.416 e. The molecule has 0 unspecified atom stereocenters. The van der Waals surface area contributed by atoms with Gasteiger partial charge in [0.25, 0.3) is 5.92 Å². The minimum Gasteiger partial charge on any atom is -0.382 e. The van der Waals surface area contributed by atoms with Crippen LogP contribution in [-0.2, 0) is 13.1 Å². The van der Waals surface area contributed by atoms with E-state index in [0.717, 1.165) is 9.25 Å². The lowest BCUT2D eigenvalue weighted by Crippen LogP contribution is -2.39. The van der Waals surface area contributed by atoms with Crippen molar-refractivity contribution in [2.75, 3.05) is 18.0 Å². The fourth-order valence-corrected chi connectivity index (χ4v) is 4.44. The molecular weight excluding hydrogens is 563 g/mol. The fourth-order valence-electron chi connectivity index (χ4n) is 4.31. The number of aliphatic hydroxyl groups excluding tert-OH is 1. The molecule has 1 aliphatic heterocycles. The number of pyridine rings is 1. The van der Waals surface area contributed by atoms with E-state index in [1.165, 1.54) is 47.7 Å². The van der Waals surface area contributed by atoms with E-state index in [1.54, 1.807) is 11.0 Å². The molecule has 1 saturated heterocycles. The van der Waals surface area contributed by atoms with Gasteiger partial charge in [0.15, 0.2) is 17.8 Å². The lowest BCUT2D eigenvalue weighted by molar-refractivity contribution is -0.207. The highest BCUT2D eigenvalue weighted by Crippen LogP contribution is 2.32. The van der Waals surface area contributed by atoms with Crippen molar-refractivity contribution in [1.29, 1.82) is 0 Å². The quantitative estimate of drug-likeness (QED) is 0.331. The fraction of sp³-hybridized carbons (Fsp3) is 0.375. The van der Waals surface area contributed by atoms with Crippen LogP contribution in [0.1, 0.15) is 18.7 Å². The molecule has 10 nitrogen and oxygen atoms in total. The smallest absolute Gasteiger partial charge is 0.382 e. The Balaban J connectivity index is 1.44. The summed E-state index contributed by atoms with van der Waals surface area (Å²) in [4.78, 5) is 23.2. The summed E-state index contributed by atoms with van der Waals surface area (Å²) < 4.78 is 69.6. The van der Waals surface area contributed by atoms with E-state index < -0.39 is 30.4 Å². The van der Waals surface area contributed by atoms with Gasteiger partial charge in [0.05, 0.1) is 18.4 Å². The Kier molecular flexibility index (Phi) is 7.35. The van der Waals surface area contributed by atoms with E-state index in [4.69, 9.17) is 11.6 Å². The van der Waals surface area contributed by atoms with Crippen molar-refractivity contribution in [3.63, 3.8) is 0 Å². The maximum absolute atomic E-state index is 13.7. The van der Waals surface area contributed by atoms with Gasteiger partial charge in [0.2, 0.25) is 0 Å². The second-order valence-corrected chi connectivity index (χ2v) is 9.69. The summed E-state index contributed by atoms with van der Waals surface area (Å²) in [6.45, 7) is -1.10. The van der Waals surface area contributed by atoms with Gasteiger partial charge in [-0.3, -0.25) is 9.55 Å². The highest BCUT2D eigenvalue weighted by Gasteiger charge is 2.39. The van der Waals surface area contributed by atoms with Gasteiger partial charge >= 0.3 is 11.9 Å². The zero-order valence-electron chi connectivity index (χ0n) is 20.6. The number of aromatic nitrogens is 7. The number of anilines is 1. The zero-order valence-corrected chi connectivity index (χ0v) is 21.4. The van der Waals surface area contributed by atoms with Gasteiger partial charge in [0, 0.05) is 42.7 Å². The molecule has 0 saturated carbocycles. The lowest BCUT2D eigenvalue weighted by Gasteiger charge is -2.34. The molecule has 0 aliphatic carbocycles. The highest BCUT2D eigenvalue weighted by atomic mass is 35.5. The predicted octanol–water partition coefficient (Wildman–Crippen LogP) is 3.55. The van der Waals surface area contributed by atoms with Crippen LogP contribution < -0.4 is 10.6 Å². The van der Waals surface area contributed by atoms with Crippen molar-refractivity contribution in [1.82, 2.24) is 34.1 Å². The number of alkyl halides is 5. The van der Waals surface area contributed by atoms with Crippen molar-refractivity contribution in [2.45, 2.75) is 44.1 Å². The third-order valence-corrected chi connectivity index (χ3v) is 6.70. The van der Waals surface area contributed by atoms with Crippen LogP contribution >= 0.6 is 11.6 Å². The van der Waals surface area contributed by atoms with Gasteiger partial charge in [-0.1, -0.05) is 11.6 Å². The van der Waals surface area contributed by atoms with E-state index in [9.17, 15) is 31.9 Å². The zero-order chi connectivity index (χ0) is 28.7. The average Bonchev–Trinajstić information content (AvgIpc) is 3.49. The molecule has 1 atom stereocenters. The molecule has 0 bridgehead atoms. The van der Waals surface area contributed by atoms with Crippen molar-refractivity contribution >= 4 is 17.3 Å². The molecule has 3 aromatic heterocycles. The van der Waals surface area contributed by atoms with Crippen LogP contribution in [-0.4, -0.2) is 70.5 Å². The van der Waals surface area contributed by atoms with Crippen molar-refractivity contribution in [3.05, 3.63) is 70.4 Å². The standard InChI is InChI=1S/C24H22ClF5N8O2/c25-16-3-1-15(2-4-16)21-34-37(22(40)36(21)12-19(39)24(28,29)30)13-20-32-14-38(33-20)18-11-31-8-5-17(18)35-9-6-23(26,27)7-10-35/h1-5,8,11,14,19,39H,6-7,9-10,12-13H2/t19-/m0/s1. The Morgan fingerprint density at radius 2 is 1.75 bits per heavy atom. The van der Waals surface area contributed by atoms with Crippen LogP contribution in [0.15, 0.2) is 53.8 Å². The second-order valence-electron chi connectivity index (χ2n) is 9.25. The first-order chi connectivity index (χ1) is 18.9. The number of hydrogen-bond acceptors (Lipinski definition) is 7. The van der Waals surface area contributed by atoms with Gasteiger partial charge < -0.3 is 10.0 Å². The maximum Gasteiger partial charge on any atom is 0.416 e. The molecule has 1 N–H and O–H groups in total. The van der Waals surface area contributed by atoms with Crippen molar-refractivity contribution in [2.24, 2.45) is 0 Å². The molecule has 0 spiro atoms. The van der Waals surface area contributed by atoms with Gasteiger partial charge in [-0.2, -0.15) is 13.2 Å². The second kappa shape index (κ2) is 10.6. The SMILES string of the molecule is O=c1n(Cc2ncn(-c3cnccc3N3CCC(F)(F)CC3)n2)nc(-c2ccc(Cl)cc2)n1C[C@H](O)C(F)(F)F. The number of piperidine rings is 1. The number of halogens is 6. The van der Waals surface area contributed by atoms with E-state index >= 15 is 0 Å². The number of rotatable bonds is 7. The maximum atomic E-state index is 13.7. The van der Waals surface area contributed by atoms with Crippen LogP contribution in [0.2, 0.25) is 5.02 Å². The Hall–Kier alpha value is -3.85. The van der Waals surface area contributed by atoms with Crippen LogP contribution in [0, 0.1) is 0 Å². The molecule has 0 radical (unpaired) electrons. The first-order valence-electron chi connectivity index (χ1n) is 12.1. The summed E-state index contributed by atoms with van der Waals surface area (Å²) in [5.74, 6) is -2.73. The summed E-state index contributed by atoms with van der Waals surface area (Å²) in [5.41, 5.74) is 0.482. The molecule has 1 fully saturated rings. The Labute approximate surface area is 228 Å². The number of benzene rings is 1. The third kappa shape index (κ3) is 5.84. The molecule has 1 aliphatic rings. The summed E-state index contributed by atoms with van der Waals surface area (Å²) in [5, 5.41) is 18.6. The highest BCUT2D eigenvalue weighted by molar-refractivity contribution is 6.30. The molecular formula is C24H22ClF5N8O2. The summed E-state index contributed by atoms with van der Waals surface area (Å²) in [6.07, 6.45) is -3.95. The van der Waals surface area contributed by atoms with E-state index in [-0.39, 0.29) is 44.1 Å². The third-order valence-electron chi connectivity index (χ3n) is 6.45. The average molecular weight is 585 g/mol. The molecule has 1 aromatic carbocycles. The normalized spacial score (nSPS) is 16.3. The Bertz CT molecular complexity index is 1540. The number of hydrogen-bond donors (Lipinski definition) is 1.